The van der Waals surface area contributed by atoms with E-state index in [0.29, 0.717) is 44.9 Å². The third-order valence-corrected chi connectivity index (χ3v) is 11.6. The van der Waals surface area contributed by atoms with E-state index in [-0.39, 0.29) is 43.4 Å². The Balaban J connectivity index is 1.22. The van der Waals surface area contributed by atoms with Gasteiger partial charge in [-0.15, -0.1) is 0 Å². The number of carbonyl (C=O) groups excluding carboxylic acids is 2. The first kappa shape index (κ1) is 26.8. The van der Waals surface area contributed by atoms with Crippen LogP contribution in [0, 0.1) is 28.6 Å². The molecule has 10 heteroatoms. The van der Waals surface area contributed by atoms with Crippen molar-refractivity contribution in [2.45, 2.75) is 107 Å². The second kappa shape index (κ2) is 9.06. The Morgan fingerprint density at radius 3 is 2.47 bits per heavy atom. The van der Waals surface area contributed by atoms with Crippen LogP contribution in [0.15, 0.2) is 11.6 Å². The molecule has 1 saturated heterocycles. The molecule has 0 aromatic carbocycles. The van der Waals surface area contributed by atoms with Crippen molar-refractivity contribution >= 4 is 12.3 Å². The van der Waals surface area contributed by atoms with Gasteiger partial charge in [0, 0.05) is 17.9 Å². The molecule has 5 N–H and O–H groups in total. The number of carbonyl (C=O) groups is 2. The minimum Gasteiger partial charge on any atom is -0.458 e. The van der Waals surface area contributed by atoms with Crippen LogP contribution in [0.3, 0.4) is 0 Å². The van der Waals surface area contributed by atoms with Crippen LogP contribution in [0.5, 0.6) is 0 Å². The maximum absolute atomic E-state index is 12.9. The zero-order chi connectivity index (χ0) is 27.1. The van der Waals surface area contributed by atoms with E-state index in [2.05, 4.69) is 6.92 Å². The summed E-state index contributed by atoms with van der Waals surface area (Å²) in [5.41, 5.74) is -2.83. The smallest absolute Gasteiger partial charge is 0.331 e. The van der Waals surface area contributed by atoms with Gasteiger partial charge >= 0.3 is 5.97 Å². The average Bonchev–Trinajstić information content (AvgIpc) is 3.43. The van der Waals surface area contributed by atoms with Crippen molar-refractivity contribution in [2.24, 2.45) is 28.6 Å². The molecule has 2 aliphatic heterocycles. The molecular weight excluding hydrogens is 496 g/mol. The summed E-state index contributed by atoms with van der Waals surface area (Å²) < 4.78 is 16.6. The predicted molar refractivity (Wildman–Crippen MR) is 130 cm³/mol. The van der Waals surface area contributed by atoms with Crippen molar-refractivity contribution in [3.63, 3.8) is 0 Å². The molecule has 0 bridgehead atoms. The highest BCUT2D eigenvalue weighted by Gasteiger charge is 2.71. The first-order valence-corrected chi connectivity index (χ1v) is 14.1. The lowest BCUT2D eigenvalue weighted by Crippen LogP contribution is -2.69. The van der Waals surface area contributed by atoms with Crippen LogP contribution in [0.1, 0.15) is 64.7 Å². The van der Waals surface area contributed by atoms with Gasteiger partial charge in [0.1, 0.15) is 31.2 Å². The van der Waals surface area contributed by atoms with Crippen LogP contribution < -0.4 is 0 Å². The fourth-order valence-electron chi connectivity index (χ4n) is 9.52. The fourth-order valence-corrected chi connectivity index (χ4v) is 9.52. The monoisotopic (exact) mass is 536 g/mol. The lowest BCUT2D eigenvalue weighted by molar-refractivity contribution is -0.301. The number of aliphatic hydroxyl groups is 5. The minimum absolute atomic E-state index is 0.0489. The topological polar surface area (TPSA) is 163 Å². The summed E-state index contributed by atoms with van der Waals surface area (Å²) in [5, 5.41) is 54.4. The van der Waals surface area contributed by atoms with E-state index in [1.54, 1.807) is 6.08 Å². The maximum Gasteiger partial charge on any atom is 0.331 e. The van der Waals surface area contributed by atoms with Crippen LogP contribution in [-0.2, 0) is 23.8 Å². The van der Waals surface area contributed by atoms with Crippen molar-refractivity contribution in [3.05, 3.63) is 11.6 Å². The van der Waals surface area contributed by atoms with Gasteiger partial charge in [-0.2, -0.15) is 0 Å². The van der Waals surface area contributed by atoms with Crippen molar-refractivity contribution in [1.29, 1.82) is 0 Å². The lowest BCUT2D eigenvalue weighted by Gasteiger charge is -2.65. The standard InChI is InChI=1S/C28H40O10/c1-25-6-3-18-19(28(25,35)9-5-17(25)15-10-21(31)36-12-15)4-8-27(34)11-16(2-7-26(18,27)14-29)38-24-23(33)22(32)20(30)13-37-24/h10,14,16-20,22-24,30,32-35H,2-9,11-13H2,1H3/t16-,17+,18-,19+,20-,22-,23-,24-,25+,26-,27-,28-/m0/s1. The van der Waals surface area contributed by atoms with Gasteiger partial charge in [0.2, 0.25) is 0 Å². The van der Waals surface area contributed by atoms with Crippen molar-refractivity contribution in [1.82, 2.24) is 0 Å². The SMILES string of the molecule is C[C@]12CC[C@H]3[C@@H](CC[C@]4(O)C[C@@H](O[C@@H]5OC[C@H](O)[C@H](O)[C@@H]5O)CC[C@]34C=O)[C@@]1(O)CC[C@@H]2C1=CC(=O)OC1. The average molecular weight is 537 g/mol. The van der Waals surface area contributed by atoms with Crippen LogP contribution in [0.2, 0.25) is 0 Å². The number of cyclic esters (lactones) is 1. The van der Waals surface area contributed by atoms with Crippen LogP contribution in [0.25, 0.3) is 0 Å². The lowest BCUT2D eigenvalue weighted by atomic mass is 9.41. The molecule has 0 radical (unpaired) electrons. The molecular formula is C28H40O10. The number of fused-ring (bicyclic) bond motifs is 5. The van der Waals surface area contributed by atoms with Gasteiger partial charge in [0.15, 0.2) is 6.29 Å². The number of esters is 1. The molecule has 6 aliphatic rings. The Bertz CT molecular complexity index is 1020. The normalized spacial score (nSPS) is 54.4. The van der Waals surface area contributed by atoms with Gasteiger partial charge in [-0.3, -0.25) is 0 Å². The van der Waals surface area contributed by atoms with E-state index in [1.807, 2.05) is 0 Å². The second-order valence-electron chi connectivity index (χ2n) is 13.0. The summed E-state index contributed by atoms with van der Waals surface area (Å²) in [6, 6.07) is 0. The molecule has 12 atom stereocenters. The Morgan fingerprint density at radius 1 is 1.00 bits per heavy atom. The molecule has 4 saturated carbocycles. The predicted octanol–water partition coefficient (Wildman–Crippen LogP) is 0.362. The van der Waals surface area contributed by atoms with Gasteiger partial charge < -0.3 is 44.5 Å². The number of hydrogen-bond donors (Lipinski definition) is 5. The van der Waals surface area contributed by atoms with Gasteiger partial charge in [-0.1, -0.05) is 6.92 Å². The second-order valence-corrected chi connectivity index (χ2v) is 13.0. The molecule has 38 heavy (non-hydrogen) atoms. The summed E-state index contributed by atoms with van der Waals surface area (Å²) in [6.45, 7) is 2.22. The highest BCUT2D eigenvalue weighted by Crippen LogP contribution is 2.70. The van der Waals surface area contributed by atoms with Crippen molar-refractivity contribution in [2.75, 3.05) is 13.2 Å². The fraction of sp³-hybridized carbons (Fsp3) is 0.857. The maximum atomic E-state index is 12.9. The molecule has 212 valence electrons. The molecule has 0 spiro atoms. The third-order valence-electron chi connectivity index (χ3n) is 11.6. The molecule has 0 amide bonds. The Hall–Kier alpha value is -1.40. The molecule has 0 unspecified atom stereocenters. The number of aldehydes is 1. The van der Waals surface area contributed by atoms with E-state index in [4.69, 9.17) is 14.2 Å². The highest BCUT2D eigenvalue weighted by atomic mass is 16.7. The molecule has 4 aliphatic carbocycles. The summed E-state index contributed by atoms with van der Waals surface area (Å²) >= 11 is 0. The van der Waals surface area contributed by atoms with E-state index in [0.717, 1.165) is 18.3 Å². The van der Waals surface area contributed by atoms with E-state index in [9.17, 15) is 35.1 Å². The van der Waals surface area contributed by atoms with Gasteiger partial charge in [-0.25, -0.2) is 4.79 Å². The summed E-state index contributed by atoms with van der Waals surface area (Å²) in [4.78, 5) is 24.7. The molecule has 10 nitrogen and oxygen atoms in total. The highest BCUT2D eigenvalue weighted by molar-refractivity contribution is 5.85. The number of aliphatic hydroxyl groups excluding tert-OH is 3. The Morgan fingerprint density at radius 2 is 1.76 bits per heavy atom. The van der Waals surface area contributed by atoms with Gasteiger partial charge in [0.05, 0.1) is 29.3 Å². The molecule has 0 aromatic rings. The largest absolute Gasteiger partial charge is 0.458 e. The first-order chi connectivity index (χ1) is 18.0. The van der Waals surface area contributed by atoms with Gasteiger partial charge in [0.25, 0.3) is 0 Å². The molecule has 6 rings (SSSR count). The summed E-state index contributed by atoms with van der Waals surface area (Å²) in [5.74, 6) is -0.604. The zero-order valence-electron chi connectivity index (χ0n) is 21.8. The Kier molecular flexibility index (Phi) is 6.39. The van der Waals surface area contributed by atoms with E-state index < -0.39 is 52.7 Å². The van der Waals surface area contributed by atoms with E-state index in [1.165, 1.54) is 0 Å². The number of rotatable bonds is 4. The summed E-state index contributed by atoms with van der Waals surface area (Å²) in [6.07, 6.45) is 1.56. The molecule has 5 fully saturated rings. The van der Waals surface area contributed by atoms with Crippen LogP contribution >= 0.6 is 0 Å². The minimum atomic E-state index is -1.42. The summed E-state index contributed by atoms with van der Waals surface area (Å²) in [7, 11) is 0. The quantitative estimate of drug-likeness (QED) is 0.193. The number of hydrogen-bond acceptors (Lipinski definition) is 10. The molecule has 2 heterocycles. The van der Waals surface area contributed by atoms with Crippen LogP contribution in [0.4, 0.5) is 0 Å². The van der Waals surface area contributed by atoms with Crippen molar-refractivity contribution in [3.8, 4) is 0 Å². The molecule has 0 aromatic heterocycles. The van der Waals surface area contributed by atoms with E-state index >= 15 is 0 Å². The van der Waals surface area contributed by atoms with Gasteiger partial charge in [-0.05, 0) is 74.7 Å². The first-order valence-electron chi connectivity index (χ1n) is 14.1. The van der Waals surface area contributed by atoms with Crippen molar-refractivity contribution < 1.29 is 49.3 Å². The third kappa shape index (κ3) is 3.57. The Labute approximate surface area is 222 Å². The zero-order valence-corrected chi connectivity index (χ0v) is 21.8. The van der Waals surface area contributed by atoms with Crippen LogP contribution in [-0.4, -0.2) is 92.9 Å². The number of ether oxygens (including phenoxy) is 3.